The van der Waals surface area contributed by atoms with Crippen LogP contribution in [0.4, 0.5) is 5.82 Å². The number of ether oxygens (including phenoxy) is 1. The summed E-state index contributed by atoms with van der Waals surface area (Å²) in [6.07, 6.45) is 0.823. The Bertz CT molecular complexity index is 552. The van der Waals surface area contributed by atoms with Crippen LogP contribution >= 0.6 is 0 Å². The zero-order chi connectivity index (χ0) is 14.4. The van der Waals surface area contributed by atoms with Gasteiger partial charge in [0.05, 0.1) is 12.3 Å². The summed E-state index contributed by atoms with van der Waals surface area (Å²) in [6.45, 7) is 7.63. The van der Waals surface area contributed by atoms with E-state index in [2.05, 4.69) is 29.1 Å². The number of nitrogens with zero attached hydrogens (tertiary/aromatic N) is 2. The zero-order valence-electron chi connectivity index (χ0n) is 12.3. The van der Waals surface area contributed by atoms with Crippen molar-refractivity contribution >= 4 is 5.82 Å². The van der Waals surface area contributed by atoms with Crippen LogP contribution in [0.5, 0.6) is 5.75 Å². The van der Waals surface area contributed by atoms with Gasteiger partial charge in [0, 0.05) is 24.6 Å². The van der Waals surface area contributed by atoms with Crippen LogP contribution in [0.15, 0.2) is 30.3 Å². The predicted octanol–water partition coefficient (Wildman–Crippen LogP) is 3.54. The second-order valence-electron chi connectivity index (χ2n) is 4.40. The van der Waals surface area contributed by atoms with Gasteiger partial charge in [-0.25, -0.2) is 9.97 Å². The first-order valence-corrected chi connectivity index (χ1v) is 7.11. The van der Waals surface area contributed by atoms with Crippen molar-refractivity contribution in [1.29, 1.82) is 0 Å². The van der Waals surface area contributed by atoms with Crippen LogP contribution in [0.3, 0.4) is 0 Å². The second-order valence-corrected chi connectivity index (χ2v) is 4.40. The molecule has 0 fully saturated rings. The number of aryl methyl sites for hydroxylation is 1. The minimum Gasteiger partial charge on any atom is -0.494 e. The van der Waals surface area contributed by atoms with Gasteiger partial charge >= 0.3 is 0 Å². The quantitative estimate of drug-likeness (QED) is 0.873. The SMILES string of the molecule is CCNc1cc(-c2ccc(OCC)cc2)nc(CC)n1. The average molecular weight is 271 g/mol. The lowest BCUT2D eigenvalue weighted by Gasteiger charge is -2.09. The highest BCUT2D eigenvalue weighted by Gasteiger charge is 2.05. The molecular formula is C16H21N3O. The Balaban J connectivity index is 2.32. The molecule has 1 aromatic heterocycles. The maximum atomic E-state index is 5.46. The summed E-state index contributed by atoms with van der Waals surface area (Å²) in [5, 5.41) is 3.25. The number of hydrogen-bond acceptors (Lipinski definition) is 4. The summed E-state index contributed by atoms with van der Waals surface area (Å²) < 4.78 is 5.46. The van der Waals surface area contributed by atoms with E-state index < -0.39 is 0 Å². The molecular weight excluding hydrogens is 250 g/mol. The summed E-state index contributed by atoms with van der Waals surface area (Å²) in [5.74, 6) is 2.61. The summed E-state index contributed by atoms with van der Waals surface area (Å²) in [7, 11) is 0. The number of nitrogens with one attached hydrogen (secondary N) is 1. The van der Waals surface area contributed by atoms with Gasteiger partial charge in [-0.1, -0.05) is 6.92 Å². The molecule has 0 radical (unpaired) electrons. The van der Waals surface area contributed by atoms with Crippen LogP contribution in [-0.2, 0) is 6.42 Å². The number of hydrogen-bond donors (Lipinski definition) is 1. The van der Waals surface area contributed by atoms with Crippen molar-refractivity contribution in [2.45, 2.75) is 27.2 Å². The van der Waals surface area contributed by atoms with E-state index >= 15 is 0 Å². The Kier molecular flexibility index (Phi) is 4.93. The molecule has 1 heterocycles. The lowest BCUT2D eigenvalue weighted by molar-refractivity contribution is 0.340. The Morgan fingerprint density at radius 2 is 1.80 bits per heavy atom. The van der Waals surface area contributed by atoms with Crippen molar-refractivity contribution in [3.63, 3.8) is 0 Å². The fourth-order valence-electron chi connectivity index (χ4n) is 1.96. The first-order chi connectivity index (χ1) is 9.76. The number of aromatic nitrogens is 2. The van der Waals surface area contributed by atoms with Gasteiger partial charge in [-0.05, 0) is 38.1 Å². The molecule has 0 aliphatic rings. The predicted molar refractivity (Wildman–Crippen MR) is 82.2 cm³/mol. The number of benzene rings is 1. The third kappa shape index (κ3) is 3.47. The Labute approximate surface area is 120 Å². The van der Waals surface area contributed by atoms with Gasteiger partial charge in [0.15, 0.2) is 0 Å². The molecule has 1 aromatic carbocycles. The molecule has 106 valence electrons. The molecule has 4 heteroatoms. The minimum absolute atomic E-state index is 0.678. The largest absolute Gasteiger partial charge is 0.494 e. The standard InChI is InChI=1S/C16H21N3O/c1-4-15-18-14(11-16(19-15)17-5-2)12-7-9-13(10-8-12)20-6-3/h7-11H,4-6H2,1-3H3,(H,17,18,19). The molecule has 0 saturated heterocycles. The second kappa shape index (κ2) is 6.89. The first-order valence-electron chi connectivity index (χ1n) is 7.11. The van der Waals surface area contributed by atoms with E-state index in [0.717, 1.165) is 41.6 Å². The third-order valence-corrected chi connectivity index (χ3v) is 2.91. The van der Waals surface area contributed by atoms with Gasteiger partial charge in [0.2, 0.25) is 0 Å². The summed E-state index contributed by atoms with van der Waals surface area (Å²) in [4.78, 5) is 9.06. The smallest absolute Gasteiger partial charge is 0.131 e. The lowest BCUT2D eigenvalue weighted by Crippen LogP contribution is -2.04. The van der Waals surface area contributed by atoms with E-state index in [4.69, 9.17) is 4.74 Å². The highest BCUT2D eigenvalue weighted by molar-refractivity contribution is 5.63. The molecule has 0 saturated carbocycles. The van der Waals surface area contributed by atoms with Gasteiger partial charge in [-0.3, -0.25) is 0 Å². The van der Waals surface area contributed by atoms with Crippen molar-refractivity contribution in [3.05, 3.63) is 36.2 Å². The van der Waals surface area contributed by atoms with Gasteiger partial charge in [0.25, 0.3) is 0 Å². The molecule has 0 spiro atoms. The molecule has 0 amide bonds. The van der Waals surface area contributed by atoms with E-state index in [9.17, 15) is 0 Å². The number of rotatable bonds is 6. The fourth-order valence-corrected chi connectivity index (χ4v) is 1.96. The molecule has 0 unspecified atom stereocenters. The van der Waals surface area contributed by atoms with Gasteiger partial charge in [-0.2, -0.15) is 0 Å². The van der Waals surface area contributed by atoms with Crippen LogP contribution < -0.4 is 10.1 Å². The maximum Gasteiger partial charge on any atom is 0.131 e. The van der Waals surface area contributed by atoms with E-state index in [-0.39, 0.29) is 0 Å². The van der Waals surface area contributed by atoms with Crippen LogP contribution in [0.2, 0.25) is 0 Å². The molecule has 0 aliphatic heterocycles. The van der Waals surface area contributed by atoms with Crippen LogP contribution in [-0.4, -0.2) is 23.1 Å². The molecule has 2 aromatic rings. The first kappa shape index (κ1) is 14.3. The maximum absolute atomic E-state index is 5.46. The molecule has 0 atom stereocenters. The summed E-state index contributed by atoms with van der Waals surface area (Å²) in [5.41, 5.74) is 2.01. The third-order valence-electron chi connectivity index (χ3n) is 2.91. The monoisotopic (exact) mass is 271 g/mol. The number of anilines is 1. The van der Waals surface area contributed by atoms with E-state index in [1.807, 2.05) is 37.3 Å². The molecule has 1 N–H and O–H groups in total. The zero-order valence-corrected chi connectivity index (χ0v) is 12.3. The van der Waals surface area contributed by atoms with Crippen molar-refractivity contribution in [3.8, 4) is 17.0 Å². The minimum atomic E-state index is 0.678. The normalized spacial score (nSPS) is 10.3. The Morgan fingerprint density at radius 3 is 2.40 bits per heavy atom. The van der Waals surface area contributed by atoms with E-state index in [0.29, 0.717) is 6.61 Å². The summed E-state index contributed by atoms with van der Waals surface area (Å²) >= 11 is 0. The summed E-state index contributed by atoms with van der Waals surface area (Å²) in [6, 6.07) is 9.99. The van der Waals surface area contributed by atoms with Crippen molar-refractivity contribution < 1.29 is 4.74 Å². The molecule has 2 rings (SSSR count). The lowest BCUT2D eigenvalue weighted by atomic mass is 10.1. The topological polar surface area (TPSA) is 47.0 Å². The Hall–Kier alpha value is -2.10. The molecule has 4 nitrogen and oxygen atoms in total. The molecule has 20 heavy (non-hydrogen) atoms. The highest BCUT2D eigenvalue weighted by atomic mass is 16.5. The van der Waals surface area contributed by atoms with Gasteiger partial charge in [0.1, 0.15) is 17.4 Å². The van der Waals surface area contributed by atoms with Gasteiger partial charge in [-0.15, -0.1) is 0 Å². The van der Waals surface area contributed by atoms with Gasteiger partial charge < -0.3 is 10.1 Å². The Morgan fingerprint density at radius 1 is 1.05 bits per heavy atom. The van der Waals surface area contributed by atoms with Crippen LogP contribution in [0.1, 0.15) is 26.6 Å². The molecule has 0 aliphatic carbocycles. The van der Waals surface area contributed by atoms with E-state index in [1.54, 1.807) is 0 Å². The van der Waals surface area contributed by atoms with Crippen molar-refractivity contribution in [1.82, 2.24) is 9.97 Å². The van der Waals surface area contributed by atoms with Crippen LogP contribution in [0, 0.1) is 0 Å². The average Bonchev–Trinajstić information content (AvgIpc) is 2.48. The van der Waals surface area contributed by atoms with E-state index in [1.165, 1.54) is 0 Å². The van der Waals surface area contributed by atoms with Crippen molar-refractivity contribution in [2.24, 2.45) is 0 Å². The highest BCUT2D eigenvalue weighted by Crippen LogP contribution is 2.23. The molecule has 0 bridgehead atoms. The van der Waals surface area contributed by atoms with Crippen molar-refractivity contribution in [2.75, 3.05) is 18.5 Å². The fraction of sp³-hybridized carbons (Fsp3) is 0.375. The van der Waals surface area contributed by atoms with Crippen LogP contribution in [0.25, 0.3) is 11.3 Å².